The Morgan fingerprint density at radius 3 is 2.84 bits per heavy atom. The van der Waals surface area contributed by atoms with Gasteiger partial charge in [-0.2, -0.15) is 4.98 Å². The van der Waals surface area contributed by atoms with Gasteiger partial charge in [-0.15, -0.1) is 0 Å². The highest BCUT2D eigenvalue weighted by atomic mass is 15.3. The quantitative estimate of drug-likeness (QED) is 0.841. The number of nitrogens with zero attached hydrogens (tertiary/aromatic N) is 3. The number of fused-ring (bicyclic) bond motifs is 1. The Morgan fingerprint density at radius 1 is 1.32 bits per heavy atom. The van der Waals surface area contributed by atoms with Gasteiger partial charge in [0.1, 0.15) is 0 Å². The van der Waals surface area contributed by atoms with E-state index >= 15 is 0 Å². The van der Waals surface area contributed by atoms with E-state index in [4.69, 9.17) is 5.41 Å². The number of hydrogen-bond donors (Lipinski definition) is 1. The average molecular weight is 330 g/mol. The van der Waals surface area contributed by atoms with Gasteiger partial charge >= 0.3 is 0 Å². The van der Waals surface area contributed by atoms with Gasteiger partial charge in [-0.1, -0.05) is 61.2 Å². The summed E-state index contributed by atoms with van der Waals surface area (Å²) in [7, 11) is 0. The molecular formula is C21H22N4. The average Bonchev–Trinajstić information content (AvgIpc) is 2.62. The van der Waals surface area contributed by atoms with E-state index in [2.05, 4.69) is 39.2 Å². The molecular weight excluding hydrogens is 308 g/mol. The summed E-state index contributed by atoms with van der Waals surface area (Å²) in [6.45, 7) is 7.24. The van der Waals surface area contributed by atoms with Crippen LogP contribution in [0, 0.1) is 5.41 Å². The van der Waals surface area contributed by atoms with Crippen molar-refractivity contribution >= 4 is 11.5 Å². The van der Waals surface area contributed by atoms with Gasteiger partial charge in [0.05, 0.1) is 12.2 Å². The predicted octanol–water partition coefficient (Wildman–Crippen LogP) is 4.04. The summed E-state index contributed by atoms with van der Waals surface area (Å²) < 4.78 is 2.14. The van der Waals surface area contributed by atoms with Crippen molar-refractivity contribution in [3.63, 3.8) is 0 Å². The molecule has 0 aliphatic carbocycles. The minimum atomic E-state index is 0.258. The summed E-state index contributed by atoms with van der Waals surface area (Å²) >= 11 is 0. The lowest BCUT2D eigenvalue weighted by atomic mass is 10.1. The van der Waals surface area contributed by atoms with Gasteiger partial charge in [0, 0.05) is 18.8 Å². The molecule has 2 heterocycles. The maximum Gasteiger partial charge on any atom is 0.212 e. The Balaban J connectivity index is 2.08. The number of aromatic nitrogens is 2. The van der Waals surface area contributed by atoms with Crippen LogP contribution in [0.4, 0.5) is 5.95 Å². The van der Waals surface area contributed by atoms with E-state index in [0.29, 0.717) is 0 Å². The zero-order valence-electron chi connectivity index (χ0n) is 14.4. The predicted molar refractivity (Wildman–Crippen MR) is 103 cm³/mol. The molecule has 1 aromatic carbocycles. The lowest BCUT2D eigenvalue weighted by molar-refractivity contribution is 0.701. The van der Waals surface area contributed by atoms with Crippen molar-refractivity contribution in [2.45, 2.75) is 20.0 Å². The molecule has 2 aromatic rings. The molecule has 4 heteroatoms. The molecule has 0 fully saturated rings. The fraction of sp³-hybridized carbons (Fsp3) is 0.143. The van der Waals surface area contributed by atoms with Gasteiger partial charge in [0.25, 0.3) is 0 Å². The van der Waals surface area contributed by atoms with Gasteiger partial charge in [-0.05, 0) is 24.1 Å². The third-order valence-electron chi connectivity index (χ3n) is 3.99. The molecule has 126 valence electrons. The van der Waals surface area contributed by atoms with Crippen molar-refractivity contribution in [3.05, 3.63) is 96.3 Å². The van der Waals surface area contributed by atoms with Crippen molar-refractivity contribution < 1.29 is 0 Å². The largest absolute Gasteiger partial charge is 0.314 e. The maximum absolute atomic E-state index is 8.15. The molecule has 0 amide bonds. The molecule has 1 aromatic heterocycles. The van der Waals surface area contributed by atoms with Crippen molar-refractivity contribution in [3.8, 4) is 0 Å². The monoisotopic (exact) mass is 330 g/mol. The summed E-state index contributed by atoms with van der Waals surface area (Å²) in [6.07, 6.45) is 11.9. The van der Waals surface area contributed by atoms with Crippen LogP contribution in [0.25, 0.3) is 5.57 Å². The van der Waals surface area contributed by atoms with Crippen molar-refractivity contribution in [1.29, 1.82) is 5.41 Å². The molecule has 0 saturated carbocycles. The molecule has 0 saturated heterocycles. The van der Waals surface area contributed by atoms with Crippen molar-refractivity contribution in [2.24, 2.45) is 0 Å². The zero-order valence-corrected chi connectivity index (χ0v) is 14.4. The Kier molecular flexibility index (Phi) is 5.09. The van der Waals surface area contributed by atoms with Gasteiger partial charge < -0.3 is 9.47 Å². The second kappa shape index (κ2) is 7.62. The van der Waals surface area contributed by atoms with Crippen LogP contribution in [0.5, 0.6) is 0 Å². The normalized spacial score (nSPS) is 14.0. The molecule has 0 atom stereocenters. The third kappa shape index (κ3) is 3.69. The molecule has 4 nitrogen and oxygen atoms in total. The van der Waals surface area contributed by atoms with E-state index in [0.717, 1.165) is 30.3 Å². The van der Waals surface area contributed by atoms with Crippen LogP contribution >= 0.6 is 0 Å². The minimum absolute atomic E-state index is 0.258. The first-order valence-electron chi connectivity index (χ1n) is 8.32. The summed E-state index contributed by atoms with van der Waals surface area (Å²) in [4.78, 5) is 6.57. The summed E-state index contributed by atoms with van der Waals surface area (Å²) in [5.74, 6) is 0.785. The number of hydrogen-bond acceptors (Lipinski definition) is 3. The van der Waals surface area contributed by atoms with Gasteiger partial charge in [0.2, 0.25) is 5.95 Å². The van der Waals surface area contributed by atoms with Crippen LogP contribution in [0.1, 0.15) is 18.2 Å². The summed E-state index contributed by atoms with van der Waals surface area (Å²) in [5, 5.41) is 8.15. The lowest BCUT2D eigenvalue weighted by Crippen LogP contribution is -2.30. The highest BCUT2D eigenvalue weighted by Gasteiger charge is 2.18. The topological polar surface area (TPSA) is 44.9 Å². The van der Waals surface area contributed by atoms with Crippen LogP contribution in [-0.2, 0) is 13.1 Å². The Labute approximate surface area is 148 Å². The number of nitrogens with one attached hydrogen (secondary N) is 1. The fourth-order valence-electron chi connectivity index (χ4n) is 2.94. The van der Waals surface area contributed by atoms with E-state index in [-0.39, 0.29) is 5.49 Å². The number of benzene rings is 1. The molecule has 1 N–H and O–H groups in total. The van der Waals surface area contributed by atoms with Gasteiger partial charge in [0.15, 0.2) is 5.49 Å². The van der Waals surface area contributed by atoms with E-state index in [9.17, 15) is 0 Å². The molecule has 0 unspecified atom stereocenters. The smallest absolute Gasteiger partial charge is 0.212 e. The van der Waals surface area contributed by atoms with Crippen LogP contribution in [0.3, 0.4) is 0 Å². The fourth-order valence-corrected chi connectivity index (χ4v) is 2.94. The highest BCUT2D eigenvalue weighted by Crippen LogP contribution is 2.24. The van der Waals surface area contributed by atoms with Gasteiger partial charge in [-0.25, -0.2) is 0 Å². The standard InChI is InChI=1S/C21H22N4/c1-3-9-18(10-4-2)19-15-20(22)23-21-24(13-8-14-25(19)21)16-17-11-6-5-7-12-17/h3-13,15,22H,1,14,16H2,2H3/b10-4-,18-9+,22-20?. The first kappa shape index (κ1) is 16.7. The second-order valence-electron chi connectivity index (χ2n) is 5.79. The molecule has 1 aliphatic rings. The molecule has 25 heavy (non-hydrogen) atoms. The van der Waals surface area contributed by atoms with E-state index in [1.165, 1.54) is 5.56 Å². The molecule has 1 aliphatic heterocycles. The second-order valence-corrected chi connectivity index (χ2v) is 5.79. The van der Waals surface area contributed by atoms with E-state index < -0.39 is 0 Å². The van der Waals surface area contributed by atoms with Crippen molar-refractivity contribution in [1.82, 2.24) is 9.55 Å². The Bertz CT molecular complexity index is 901. The molecule has 3 rings (SSSR count). The first-order valence-corrected chi connectivity index (χ1v) is 8.32. The number of anilines is 1. The van der Waals surface area contributed by atoms with Crippen LogP contribution in [0.2, 0.25) is 0 Å². The summed E-state index contributed by atoms with van der Waals surface area (Å²) in [6, 6.07) is 12.1. The minimum Gasteiger partial charge on any atom is -0.314 e. The molecule has 0 radical (unpaired) electrons. The van der Waals surface area contributed by atoms with Crippen LogP contribution in [-0.4, -0.2) is 9.55 Å². The SMILES string of the molecule is C=C/C=C(\C=C/C)c1cc(=N)nc2n1CC=CN2Cc1ccccc1. The van der Waals surface area contributed by atoms with Crippen molar-refractivity contribution in [2.75, 3.05) is 4.90 Å². The highest BCUT2D eigenvalue weighted by molar-refractivity contribution is 5.74. The van der Waals surface area contributed by atoms with E-state index in [1.807, 2.05) is 49.6 Å². The number of rotatable bonds is 5. The third-order valence-corrected chi connectivity index (χ3v) is 3.99. The van der Waals surface area contributed by atoms with Crippen LogP contribution < -0.4 is 10.4 Å². The van der Waals surface area contributed by atoms with E-state index in [1.54, 1.807) is 12.1 Å². The van der Waals surface area contributed by atoms with Crippen LogP contribution in [0.15, 0.2) is 79.6 Å². The van der Waals surface area contributed by atoms with Gasteiger partial charge in [-0.3, -0.25) is 5.41 Å². The zero-order chi connectivity index (χ0) is 17.6. The Morgan fingerprint density at radius 2 is 2.12 bits per heavy atom. The molecule has 0 spiro atoms. The lowest BCUT2D eigenvalue weighted by Gasteiger charge is -2.28. The summed E-state index contributed by atoms with van der Waals surface area (Å²) in [5.41, 5.74) is 3.45. The maximum atomic E-state index is 8.15. The number of allylic oxidation sites excluding steroid dienone is 6. The molecule has 0 bridgehead atoms. The Hall–Kier alpha value is -3.14. The first-order chi connectivity index (χ1) is 12.2.